The molecule has 0 bridgehead atoms. The summed E-state index contributed by atoms with van der Waals surface area (Å²) in [6.45, 7) is 9.39. The molecule has 184 valence electrons. The van der Waals surface area contributed by atoms with Crippen LogP contribution in [0.3, 0.4) is 0 Å². The molecule has 3 aliphatic rings. The Morgan fingerprint density at radius 1 is 1.09 bits per heavy atom. The molecule has 6 nitrogen and oxygen atoms in total. The van der Waals surface area contributed by atoms with Crippen LogP contribution >= 0.6 is 0 Å². The smallest absolute Gasteiger partial charge is 0.306 e. The average molecular weight is 459 g/mol. The summed E-state index contributed by atoms with van der Waals surface area (Å²) in [7, 11) is 5.53. The number of esters is 1. The van der Waals surface area contributed by atoms with Crippen LogP contribution in [0.15, 0.2) is 12.1 Å². The highest BCUT2D eigenvalue weighted by atomic mass is 16.5. The molecule has 33 heavy (non-hydrogen) atoms. The van der Waals surface area contributed by atoms with Gasteiger partial charge in [-0.25, -0.2) is 0 Å². The van der Waals surface area contributed by atoms with Gasteiger partial charge in [0.05, 0.1) is 20.8 Å². The standard InChI is InChI=1S/C27H42N2O4/c1-18(2)10-21-16-29-9-7-20-13-25(31-4)26(32-5)14-23(20)24(29)12-22(21)17-33-27(30)11-19-6-8-28(3)15-19/h13-14,18-19,21-22,24H,6-12,15-17H2,1-5H3/t19?,21-,22+,24-/m1/s1. The van der Waals surface area contributed by atoms with Crippen LogP contribution in [0.25, 0.3) is 0 Å². The Morgan fingerprint density at radius 2 is 1.85 bits per heavy atom. The number of methoxy groups -OCH3 is 2. The monoisotopic (exact) mass is 458 g/mol. The van der Waals surface area contributed by atoms with Gasteiger partial charge in [0.25, 0.3) is 0 Å². The van der Waals surface area contributed by atoms with E-state index in [2.05, 4.69) is 42.8 Å². The van der Waals surface area contributed by atoms with Crippen LogP contribution in [-0.2, 0) is 16.0 Å². The first kappa shape index (κ1) is 24.3. The molecular formula is C27H42N2O4. The summed E-state index contributed by atoms with van der Waals surface area (Å²) in [6.07, 6.45) is 4.90. The second-order valence-electron chi connectivity index (χ2n) is 10.9. The molecule has 4 atom stereocenters. The Balaban J connectivity index is 1.47. The van der Waals surface area contributed by atoms with Gasteiger partial charge in [0.2, 0.25) is 0 Å². The minimum atomic E-state index is -0.0172. The minimum Gasteiger partial charge on any atom is -0.493 e. The number of hydrogen-bond acceptors (Lipinski definition) is 6. The molecule has 0 radical (unpaired) electrons. The van der Waals surface area contributed by atoms with Gasteiger partial charge >= 0.3 is 5.97 Å². The molecule has 2 fully saturated rings. The van der Waals surface area contributed by atoms with Crippen molar-refractivity contribution in [2.45, 2.75) is 52.0 Å². The van der Waals surface area contributed by atoms with Gasteiger partial charge in [-0.2, -0.15) is 0 Å². The van der Waals surface area contributed by atoms with Crippen LogP contribution in [-0.4, -0.2) is 69.8 Å². The molecule has 3 heterocycles. The molecule has 1 aromatic rings. The predicted octanol–water partition coefficient (Wildman–Crippen LogP) is 4.17. The third kappa shape index (κ3) is 5.65. The molecule has 0 amide bonds. The molecule has 6 heteroatoms. The highest BCUT2D eigenvalue weighted by Crippen LogP contribution is 2.45. The first-order valence-corrected chi connectivity index (χ1v) is 12.7. The lowest BCUT2D eigenvalue weighted by molar-refractivity contribution is -0.148. The summed E-state index contributed by atoms with van der Waals surface area (Å²) in [6, 6.07) is 4.68. The number of likely N-dealkylation sites (tertiary alicyclic amines) is 1. The number of benzene rings is 1. The maximum atomic E-state index is 12.6. The number of rotatable bonds is 8. The molecule has 1 aromatic carbocycles. The van der Waals surface area contributed by atoms with Crippen LogP contribution in [0.2, 0.25) is 0 Å². The number of fused-ring (bicyclic) bond motifs is 3. The second-order valence-corrected chi connectivity index (χ2v) is 10.9. The van der Waals surface area contributed by atoms with E-state index in [0.717, 1.165) is 56.9 Å². The molecule has 4 rings (SSSR count). The molecule has 0 aliphatic carbocycles. The SMILES string of the molecule is COc1cc2c(cc1OC)[C@H]1C[C@@H](COC(=O)CC3CCN(C)C3)[C@H](CC(C)C)CN1CC2. The van der Waals surface area contributed by atoms with Crippen LogP contribution in [0.4, 0.5) is 0 Å². The summed E-state index contributed by atoms with van der Waals surface area (Å²) < 4.78 is 17.1. The predicted molar refractivity (Wildman–Crippen MR) is 130 cm³/mol. The van der Waals surface area contributed by atoms with Crippen LogP contribution < -0.4 is 9.47 Å². The van der Waals surface area contributed by atoms with Gasteiger partial charge in [-0.1, -0.05) is 13.8 Å². The summed E-state index contributed by atoms with van der Waals surface area (Å²) in [5.41, 5.74) is 2.71. The number of ether oxygens (including phenoxy) is 3. The Labute approximate surface area is 199 Å². The molecule has 0 aromatic heterocycles. The van der Waals surface area contributed by atoms with Crippen molar-refractivity contribution in [3.05, 3.63) is 23.3 Å². The van der Waals surface area contributed by atoms with E-state index in [-0.39, 0.29) is 5.97 Å². The molecule has 0 saturated carbocycles. The fourth-order valence-electron chi connectivity index (χ4n) is 6.27. The highest BCUT2D eigenvalue weighted by Gasteiger charge is 2.40. The van der Waals surface area contributed by atoms with Gasteiger partial charge in [0.15, 0.2) is 11.5 Å². The van der Waals surface area contributed by atoms with Gasteiger partial charge in [-0.3, -0.25) is 9.69 Å². The molecule has 1 unspecified atom stereocenters. The number of piperidine rings is 1. The first-order chi connectivity index (χ1) is 15.9. The molecule has 2 saturated heterocycles. The maximum Gasteiger partial charge on any atom is 0.306 e. The van der Waals surface area contributed by atoms with E-state index in [4.69, 9.17) is 14.2 Å². The Morgan fingerprint density at radius 3 is 2.52 bits per heavy atom. The third-order valence-electron chi connectivity index (χ3n) is 7.95. The van der Waals surface area contributed by atoms with Crippen molar-refractivity contribution in [3.63, 3.8) is 0 Å². The normalized spacial score (nSPS) is 27.8. The van der Waals surface area contributed by atoms with Crippen LogP contribution in [0.5, 0.6) is 11.5 Å². The Hall–Kier alpha value is -1.79. The molecular weight excluding hydrogens is 416 g/mol. The quantitative estimate of drug-likeness (QED) is 0.545. The maximum absolute atomic E-state index is 12.6. The van der Waals surface area contributed by atoms with Crippen molar-refractivity contribution in [1.82, 2.24) is 9.80 Å². The number of nitrogens with zero attached hydrogens (tertiary/aromatic N) is 2. The van der Waals surface area contributed by atoms with Gasteiger partial charge in [0, 0.05) is 32.1 Å². The third-order valence-corrected chi connectivity index (χ3v) is 7.95. The first-order valence-electron chi connectivity index (χ1n) is 12.7. The molecule has 0 spiro atoms. The fraction of sp³-hybridized carbons (Fsp3) is 0.741. The van der Waals surface area contributed by atoms with E-state index >= 15 is 0 Å². The van der Waals surface area contributed by atoms with Crippen molar-refractivity contribution >= 4 is 5.97 Å². The van der Waals surface area contributed by atoms with Crippen LogP contribution in [0, 0.1) is 23.7 Å². The van der Waals surface area contributed by atoms with Crippen molar-refractivity contribution in [3.8, 4) is 11.5 Å². The Kier molecular flexibility index (Phi) is 7.85. The van der Waals surface area contributed by atoms with E-state index in [0.29, 0.717) is 42.7 Å². The van der Waals surface area contributed by atoms with E-state index in [1.54, 1.807) is 14.2 Å². The van der Waals surface area contributed by atoms with E-state index in [1.807, 2.05) is 0 Å². The van der Waals surface area contributed by atoms with Gasteiger partial charge in [-0.05, 0) is 86.2 Å². The summed E-state index contributed by atoms with van der Waals surface area (Å²) in [5.74, 6) is 3.63. The summed E-state index contributed by atoms with van der Waals surface area (Å²) >= 11 is 0. The lowest BCUT2D eigenvalue weighted by Crippen LogP contribution is -2.47. The lowest BCUT2D eigenvalue weighted by Gasteiger charge is -2.47. The highest BCUT2D eigenvalue weighted by molar-refractivity contribution is 5.69. The molecule has 0 N–H and O–H groups in total. The van der Waals surface area contributed by atoms with E-state index in [1.165, 1.54) is 17.5 Å². The number of carbonyl (C=O) groups is 1. The summed E-state index contributed by atoms with van der Waals surface area (Å²) in [5, 5.41) is 0. The largest absolute Gasteiger partial charge is 0.493 e. The van der Waals surface area contributed by atoms with E-state index < -0.39 is 0 Å². The summed E-state index contributed by atoms with van der Waals surface area (Å²) in [4.78, 5) is 17.6. The Bertz CT molecular complexity index is 827. The van der Waals surface area contributed by atoms with Gasteiger partial charge < -0.3 is 19.1 Å². The zero-order valence-electron chi connectivity index (χ0n) is 21.1. The number of hydrogen-bond donors (Lipinski definition) is 0. The van der Waals surface area contributed by atoms with Gasteiger partial charge in [0.1, 0.15) is 0 Å². The lowest BCUT2D eigenvalue weighted by atomic mass is 9.74. The second kappa shape index (κ2) is 10.6. The van der Waals surface area contributed by atoms with Crippen LogP contribution in [0.1, 0.15) is 56.7 Å². The number of carbonyl (C=O) groups excluding carboxylic acids is 1. The van der Waals surface area contributed by atoms with Crippen molar-refractivity contribution in [1.29, 1.82) is 0 Å². The average Bonchev–Trinajstić information content (AvgIpc) is 3.20. The van der Waals surface area contributed by atoms with E-state index in [9.17, 15) is 4.79 Å². The van der Waals surface area contributed by atoms with Crippen molar-refractivity contribution in [2.24, 2.45) is 23.7 Å². The fourth-order valence-corrected chi connectivity index (χ4v) is 6.27. The van der Waals surface area contributed by atoms with Gasteiger partial charge in [-0.15, -0.1) is 0 Å². The van der Waals surface area contributed by atoms with Crippen molar-refractivity contribution < 1.29 is 19.0 Å². The zero-order chi connectivity index (χ0) is 23.5. The van der Waals surface area contributed by atoms with Crippen molar-refractivity contribution in [2.75, 3.05) is 54.1 Å². The zero-order valence-corrected chi connectivity index (χ0v) is 21.1. The topological polar surface area (TPSA) is 51.2 Å². The minimum absolute atomic E-state index is 0.0172. The molecule has 3 aliphatic heterocycles.